The molecule has 0 radical (unpaired) electrons. The van der Waals surface area contributed by atoms with Crippen LogP contribution in [0, 0.1) is 0 Å². The van der Waals surface area contributed by atoms with E-state index in [1.165, 1.54) is 11.1 Å². The summed E-state index contributed by atoms with van der Waals surface area (Å²) in [5.41, 5.74) is 11.6. The van der Waals surface area contributed by atoms with Crippen LogP contribution in [0.15, 0.2) is 154 Å². The fourth-order valence-electron chi connectivity index (χ4n) is 5.44. The van der Waals surface area contributed by atoms with Gasteiger partial charge in [-0.2, -0.15) is 0 Å². The van der Waals surface area contributed by atoms with Gasteiger partial charge in [0, 0.05) is 11.1 Å². The highest BCUT2D eigenvalue weighted by Crippen LogP contribution is 2.32. The van der Waals surface area contributed by atoms with E-state index in [9.17, 15) is 0 Å². The molecule has 0 saturated carbocycles. The second-order valence-corrected chi connectivity index (χ2v) is 11.1. The van der Waals surface area contributed by atoms with Gasteiger partial charge >= 0.3 is 0 Å². The molecule has 0 aliphatic carbocycles. The molecule has 2 heterocycles. The summed E-state index contributed by atoms with van der Waals surface area (Å²) < 4.78 is 12.4. The number of hydrogen-bond donors (Lipinski definition) is 0. The molecule has 0 bridgehead atoms. The Hall–Kier alpha value is -6.26. The largest absolute Gasteiger partial charge is 0.436 e. The third kappa shape index (κ3) is 5.80. The Morgan fingerprint density at radius 1 is 0.348 bits per heavy atom. The average Bonchev–Trinajstić information content (AvgIpc) is 3.75. The van der Waals surface area contributed by atoms with Gasteiger partial charge in [-0.3, -0.25) is 0 Å². The number of hydrogen-bond acceptors (Lipinski definition) is 4. The molecule has 6 aromatic carbocycles. The summed E-state index contributed by atoms with van der Waals surface area (Å²) in [6.07, 6.45) is 8.42. The summed E-state index contributed by atoms with van der Waals surface area (Å²) in [6, 6.07) is 49.2. The highest BCUT2D eigenvalue weighted by molar-refractivity contribution is 5.86. The first-order chi connectivity index (χ1) is 22.7. The number of oxazole rings is 2. The molecular formula is C42H28N2O2. The van der Waals surface area contributed by atoms with Gasteiger partial charge < -0.3 is 8.83 Å². The molecule has 0 amide bonds. The van der Waals surface area contributed by atoms with Crippen LogP contribution in [0.3, 0.4) is 0 Å². The minimum Gasteiger partial charge on any atom is -0.436 e. The Morgan fingerprint density at radius 2 is 0.696 bits per heavy atom. The maximum Gasteiger partial charge on any atom is 0.227 e. The molecule has 4 nitrogen and oxygen atoms in total. The van der Waals surface area contributed by atoms with Gasteiger partial charge in [0.05, 0.1) is 0 Å². The second kappa shape index (κ2) is 12.0. The quantitative estimate of drug-likeness (QED) is 0.173. The molecule has 0 aliphatic rings. The van der Waals surface area contributed by atoms with Gasteiger partial charge in [0.25, 0.3) is 0 Å². The summed E-state index contributed by atoms with van der Waals surface area (Å²) in [4.78, 5) is 9.49. The lowest BCUT2D eigenvalue weighted by Crippen LogP contribution is -1.79. The first kappa shape index (κ1) is 27.3. The van der Waals surface area contributed by atoms with Gasteiger partial charge in [0.1, 0.15) is 11.0 Å². The Morgan fingerprint density at radius 3 is 1.09 bits per heavy atom. The van der Waals surface area contributed by atoms with E-state index in [-0.39, 0.29) is 0 Å². The molecule has 46 heavy (non-hydrogen) atoms. The predicted octanol–water partition coefficient (Wildman–Crippen LogP) is 11.3. The van der Waals surface area contributed by atoms with Crippen LogP contribution in [0.25, 0.3) is 80.5 Å². The summed E-state index contributed by atoms with van der Waals surface area (Å²) in [5, 5.41) is 0. The van der Waals surface area contributed by atoms with Crippen LogP contribution in [0.4, 0.5) is 0 Å². The van der Waals surface area contributed by atoms with Crippen LogP contribution in [-0.4, -0.2) is 9.97 Å². The van der Waals surface area contributed by atoms with Crippen molar-refractivity contribution in [3.05, 3.63) is 168 Å². The molecule has 0 N–H and O–H groups in total. The van der Waals surface area contributed by atoms with Gasteiger partial charge in [-0.1, -0.05) is 121 Å². The van der Waals surface area contributed by atoms with Crippen LogP contribution in [0.2, 0.25) is 0 Å². The van der Waals surface area contributed by atoms with E-state index in [0.717, 1.165) is 55.6 Å². The topological polar surface area (TPSA) is 52.1 Å². The monoisotopic (exact) mass is 592 g/mol. The fraction of sp³-hybridized carbons (Fsp3) is 0. The highest BCUT2D eigenvalue weighted by atomic mass is 16.4. The molecule has 0 unspecified atom stereocenters. The summed E-state index contributed by atoms with van der Waals surface area (Å²) in [7, 11) is 0. The van der Waals surface area contributed by atoms with Crippen molar-refractivity contribution >= 4 is 46.5 Å². The van der Waals surface area contributed by atoms with E-state index in [1.807, 2.05) is 84.9 Å². The molecule has 0 saturated heterocycles. The van der Waals surface area contributed by atoms with Gasteiger partial charge in [-0.15, -0.1) is 0 Å². The number of aromatic nitrogens is 2. The zero-order valence-corrected chi connectivity index (χ0v) is 24.9. The van der Waals surface area contributed by atoms with Crippen LogP contribution < -0.4 is 0 Å². The molecule has 0 atom stereocenters. The number of rotatable bonds is 7. The van der Waals surface area contributed by atoms with E-state index in [0.29, 0.717) is 11.8 Å². The maximum atomic E-state index is 6.22. The van der Waals surface area contributed by atoms with Crippen molar-refractivity contribution in [1.82, 2.24) is 9.97 Å². The van der Waals surface area contributed by atoms with Gasteiger partial charge in [-0.25, -0.2) is 9.97 Å². The maximum absolute atomic E-state index is 6.22. The third-order valence-electron chi connectivity index (χ3n) is 7.96. The van der Waals surface area contributed by atoms with E-state index in [2.05, 4.69) is 85.0 Å². The van der Waals surface area contributed by atoms with Crippen molar-refractivity contribution in [2.24, 2.45) is 0 Å². The molecule has 4 heteroatoms. The lowest BCUT2D eigenvalue weighted by atomic mass is 10.1. The second-order valence-electron chi connectivity index (χ2n) is 11.1. The highest BCUT2D eigenvalue weighted by Gasteiger charge is 2.12. The van der Waals surface area contributed by atoms with Gasteiger partial charge in [0.2, 0.25) is 11.8 Å². The molecule has 2 aromatic heterocycles. The zero-order valence-electron chi connectivity index (χ0n) is 24.9. The molecule has 0 spiro atoms. The summed E-state index contributed by atoms with van der Waals surface area (Å²) in [5.74, 6) is 1.20. The van der Waals surface area contributed by atoms with Crippen LogP contribution >= 0.6 is 0 Å². The molecule has 0 aliphatic heterocycles. The van der Waals surface area contributed by atoms with Crippen molar-refractivity contribution < 1.29 is 8.83 Å². The smallest absolute Gasteiger partial charge is 0.227 e. The normalized spacial score (nSPS) is 11.7. The standard InChI is InChI=1S/C42H28N2O2/c1-3-7-29(8-4-1)11-13-31-15-19-33(20-16-31)41-43-37-25-23-35(27-39(37)45-41)36-24-26-38-40(28-36)46-42(44-38)34-21-17-32(18-22-34)14-12-30-9-5-2-6-10-30/h1-28H. The molecular weight excluding hydrogens is 564 g/mol. The van der Waals surface area contributed by atoms with Gasteiger partial charge in [-0.05, 0) is 81.9 Å². The van der Waals surface area contributed by atoms with Crippen molar-refractivity contribution in [2.45, 2.75) is 0 Å². The first-order valence-corrected chi connectivity index (χ1v) is 15.2. The Balaban J connectivity index is 1.00. The van der Waals surface area contributed by atoms with Crippen molar-refractivity contribution in [1.29, 1.82) is 0 Å². The SMILES string of the molecule is C(=Cc1ccc(-c2nc3ccc(-c4ccc5nc(-c6ccc(C=Cc7ccccc7)cc6)oc5c4)cc3o2)cc1)c1ccccc1. The summed E-state index contributed by atoms with van der Waals surface area (Å²) >= 11 is 0. The number of benzene rings is 6. The van der Waals surface area contributed by atoms with E-state index in [4.69, 9.17) is 18.8 Å². The number of nitrogens with zero attached hydrogens (tertiary/aromatic N) is 2. The van der Waals surface area contributed by atoms with Crippen molar-refractivity contribution in [3.63, 3.8) is 0 Å². The van der Waals surface area contributed by atoms with Crippen LogP contribution in [0.5, 0.6) is 0 Å². The van der Waals surface area contributed by atoms with E-state index >= 15 is 0 Å². The van der Waals surface area contributed by atoms with Crippen molar-refractivity contribution in [3.8, 4) is 34.0 Å². The molecule has 0 fully saturated rings. The molecule has 8 aromatic rings. The fourth-order valence-corrected chi connectivity index (χ4v) is 5.44. The molecule has 218 valence electrons. The predicted molar refractivity (Wildman–Crippen MR) is 189 cm³/mol. The van der Waals surface area contributed by atoms with Crippen LogP contribution in [0.1, 0.15) is 22.3 Å². The number of fused-ring (bicyclic) bond motifs is 2. The van der Waals surface area contributed by atoms with Crippen LogP contribution in [-0.2, 0) is 0 Å². The van der Waals surface area contributed by atoms with E-state index < -0.39 is 0 Å². The van der Waals surface area contributed by atoms with Gasteiger partial charge in [0.15, 0.2) is 11.2 Å². The third-order valence-corrected chi connectivity index (χ3v) is 7.96. The lowest BCUT2D eigenvalue weighted by Gasteiger charge is -2.00. The lowest BCUT2D eigenvalue weighted by molar-refractivity contribution is 0.619. The average molecular weight is 593 g/mol. The van der Waals surface area contributed by atoms with Crippen molar-refractivity contribution in [2.75, 3.05) is 0 Å². The minimum atomic E-state index is 0.600. The Bertz CT molecular complexity index is 2160. The minimum absolute atomic E-state index is 0.600. The molecule has 8 rings (SSSR count). The Labute approximate surface area is 266 Å². The van der Waals surface area contributed by atoms with E-state index in [1.54, 1.807) is 0 Å². The summed E-state index contributed by atoms with van der Waals surface area (Å²) in [6.45, 7) is 0. The first-order valence-electron chi connectivity index (χ1n) is 15.2. The zero-order chi connectivity index (χ0) is 30.7. The Kier molecular flexibility index (Phi) is 7.14.